The van der Waals surface area contributed by atoms with Gasteiger partial charge >= 0.3 is 0 Å². The van der Waals surface area contributed by atoms with Gasteiger partial charge in [0.1, 0.15) is 5.82 Å². The molecule has 3 heteroatoms. The largest absolute Gasteiger partial charge is 0.357 e. The maximum atomic E-state index is 5.93. The van der Waals surface area contributed by atoms with Crippen LogP contribution in [0.15, 0.2) is 12.1 Å². The van der Waals surface area contributed by atoms with Gasteiger partial charge in [0.15, 0.2) is 0 Å². The van der Waals surface area contributed by atoms with Crippen LogP contribution in [0.2, 0.25) is 0 Å². The molecule has 0 saturated heterocycles. The van der Waals surface area contributed by atoms with Gasteiger partial charge in [0.2, 0.25) is 0 Å². The Hall–Kier alpha value is -0.760. The lowest BCUT2D eigenvalue weighted by molar-refractivity contribution is 0.610. The maximum Gasteiger partial charge on any atom is 0.129 e. The molecule has 1 rings (SSSR count). The summed E-state index contributed by atoms with van der Waals surface area (Å²) in [4.78, 5) is 6.92. The van der Waals surface area contributed by atoms with Crippen LogP contribution >= 0.6 is 11.6 Å². The Morgan fingerprint density at radius 2 is 2.06 bits per heavy atom. The highest BCUT2D eigenvalue weighted by Crippen LogP contribution is 2.19. The Bertz CT molecular complexity index is 330. The first kappa shape index (κ1) is 14.3. The number of pyridine rings is 1. The minimum Gasteiger partial charge on any atom is -0.357 e. The van der Waals surface area contributed by atoms with Gasteiger partial charge in [-0.05, 0) is 37.5 Å². The van der Waals surface area contributed by atoms with E-state index >= 15 is 0 Å². The molecule has 0 aliphatic carbocycles. The van der Waals surface area contributed by atoms with Crippen molar-refractivity contribution in [3.63, 3.8) is 0 Å². The molecule has 1 atom stereocenters. The number of rotatable bonds is 6. The first-order valence-electron chi connectivity index (χ1n) is 6.41. The lowest BCUT2D eigenvalue weighted by Gasteiger charge is -2.26. The average Bonchev–Trinajstić information content (AvgIpc) is 2.37. The Balaban J connectivity index is 2.95. The van der Waals surface area contributed by atoms with E-state index in [-0.39, 0.29) is 0 Å². The second kappa shape index (κ2) is 6.85. The molecule has 1 aromatic heterocycles. The lowest BCUT2D eigenvalue weighted by atomic mass is 10.1. The average molecular weight is 255 g/mol. The van der Waals surface area contributed by atoms with Crippen LogP contribution in [0.1, 0.15) is 44.9 Å². The molecule has 0 spiro atoms. The fourth-order valence-corrected chi connectivity index (χ4v) is 2.06. The van der Waals surface area contributed by atoms with Gasteiger partial charge in [-0.25, -0.2) is 4.98 Å². The van der Waals surface area contributed by atoms with E-state index in [0.717, 1.165) is 23.5 Å². The Labute approximate surface area is 110 Å². The maximum absolute atomic E-state index is 5.93. The van der Waals surface area contributed by atoms with Crippen molar-refractivity contribution in [3.05, 3.63) is 23.4 Å². The van der Waals surface area contributed by atoms with Crippen molar-refractivity contribution in [2.45, 2.75) is 52.0 Å². The first-order valence-corrected chi connectivity index (χ1v) is 6.94. The molecule has 0 aromatic carbocycles. The van der Waals surface area contributed by atoms with Gasteiger partial charge < -0.3 is 4.90 Å². The minimum absolute atomic E-state index is 0.516. The van der Waals surface area contributed by atoms with Crippen molar-refractivity contribution in [2.24, 2.45) is 0 Å². The minimum atomic E-state index is 0.516. The fraction of sp³-hybridized carbons (Fsp3) is 0.643. The molecule has 17 heavy (non-hydrogen) atoms. The van der Waals surface area contributed by atoms with Gasteiger partial charge in [0, 0.05) is 24.7 Å². The molecule has 96 valence electrons. The number of nitrogens with zero attached hydrogens (tertiary/aromatic N) is 2. The van der Waals surface area contributed by atoms with Crippen LogP contribution in [0.3, 0.4) is 0 Å². The van der Waals surface area contributed by atoms with Crippen LogP contribution in [0, 0.1) is 0 Å². The predicted molar refractivity (Wildman–Crippen MR) is 75.9 cm³/mol. The zero-order chi connectivity index (χ0) is 12.8. The SMILES string of the molecule is CCCC(C)N(C)c1cc(CCl)cc(CC)n1. The normalized spacial score (nSPS) is 12.5. The van der Waals surface area contributed by atoms with Crippen LogP contribution in [0.5, 0.6) is 0 Å². The molecule has 0 aliphatic rings. The number of halogens is 1. The zero-order valence-electron chi connectivity index (χ0n) is 11.3. The second-order valence-corrected chi connectivity index (χ2v) is 4.83. The van der Waals surface area contributed by atoms with Gasteiger partial charge in [0.25, 0.3) is 0 Å². The number of alkyl halides is 1. The van der Waals surface area contributed by atoms with Crippen LogP contribution in [0.25, 0.3) is 0 Å². The second-order valence-electron chi connectivity index (χ2n) is 4.56. The van der Waals surface area contributed by atoms with Gasteiger partial charge in [-0.3, -0.25) is 0 Å². The summed E-state index contributed by atoms with van der Waals surface area (Å²) in [5.74, 6) is 1.60. The zero-order valence-corrected chi connectivity index (χ0v) is 12.1. The topological polar surface area (TPSA) is 16.1 Å². The lowest BCUT2D eigenvalue weighted by Crippen LogP contribution is -2.29. The molecule has 0 bridgehead atoms. The Morgan fingerprint density at radius 1 is 1.35 bits per heavy atom. The molecule has 0 amide bonds. The van der Waals surface area contributed by atoms with E-state index in [0.29, 0.717) is 11.9 Å². The molecule has 1 aromatic rings. The number of hydrogen-bond acceptors (Lipinski definition) is 2. The molecule has 0 saturated carbocycles. The van der Waals surface area contributed by atoms with Crippen molar-refractivity contribution in [3.8, 4) is 0 Å². The summed E-state index contributed by atoms with van der Waals surface area (Å²) in [6, 6.07) is 4.70. The number of aryl methyl sites for hydroxylation is 1. The van der Waals surface area contributed by atoms with E-state index in [9.17, 15) is 0 Å². The van der Waals surface area contributed by atoms with Gasteiger partial charge in [-0.15, -0.1) is 11.6 Å². The third-order valence-corrected chi connectivity index (χ3v) is 3.48. The van der Waals surface area contributed by atoms with Gasteiger partial charge in [-0.2, -0.15) is 0 Å². The van der Waals surface area contributed by atoms with E-state index in [2.05, 4.69) is 49.8 Å². The Morgan fingerprint density at radius 3 is 2.59 bits per heavy atom. The van der Waals surface area contributed by atoms with E-state index < -0.39 is 0 Å². The molecule has 0 fully saturated rings. The highest BCUT2D eigenvalue weighted by molar-refractivity contribution is 6.17. The third kappa shape index (κ3) is 3.88. The van der Waals surface area contributed by atoms with Crippen molar-refractivity contribution in [1.29, 1.82) is 0 Å². The predicted octanol–water partition coefficient (Wildman–Crippen LogP) is 4.01. The van der Waals surface area contributed by atoms with Crippen LogP contribution < -0.4 is 4.90 Å². The van der Waals surface area contributed by atoms with E-state index in [1.165, 1.54) is 12.8 Å². The van der Waals surface area contributed by atoms with Gasteiger partial charge in [0.05, 0.1) is 0 Å². The number of aromatic nitrogens is 1. The molecule has 0 radical (unpaired) electrons. The standard InChI is InChI=1S/C14H23ClN2/c1-5-7-11(3)17(4)14-9-12(10-15)8-13(6-2)16-14/h8-9,11H,5-7,10H2,1-4H3. The van der Waals surface area contributed by atoms with Crippen LogP contribution in [-0.2, 0) is 12.3 Å². The molecule has 2 nitrogen and oxygen atoms in total. The summed E-state index contributed by atoms with van der Waals surface area (Å²) in [6.45, 7) is 6.58. The summed E-state index contributed by atoms with van der Waals surface area (Å²) in [5.41, 5.74) is 2.28. The highest BCUT2D eigenvalue weighted by Gasteiger charge is 2.11. The van der Waals surface area contributed by atoms with Gasteiger partial charge in [-0.1, -0.05) is 20.3 Å². The molecule has 0 aliphatic heterocycles. The van der Waals surface area contributed by atoms with Crippen molar-refractivity contribution in [1.82, 2.24) is 4.98 Å². The first-order chi connectivity index (χ1) is 8.12. The summed E-state index contributed by atoms with van der Waals surface area (Å²) < 4.78 is 0. The highest BCUT2D eigenvalue weighted by atomic mass is 35.5. The smallest absolute Gasteiger partial charge is 0.129 e. The number of hydrogen-bond donors (Lipinski definition) is 0. The van der Waals surface area contributed by atoms with Crippen molar-refractivity contribution >= 4 is 17.4 Å². The van der Waals surface area contributed by atoms with E-state index in [1.54, 1.807) is 0 Å². The van der Waals surface area contributed by atoms with Crippen LogP contribution in [0.4, 0.5) is 5.82 Å². The van der Waals surface area contributed by atoms with E-state index in [1.807, 2.05) is 0 Å². The number of anilines is 1. The fourth-order valence-electron chi connectivity index (χ4n) is 1.91. The summed E-state index contributed by atoms with van der Waals surface area (Å²) in [6.07, 6.45) is 3.33. The Kier molecular flexibility index (Phi) is 5.76. The summed E-state index contributed by atoms with van der Waals surface area (Å²) >= 11 is 5.93. The third-order valence-electron chi connectivity index (χ3n) is 3.17. The van der Waals surface area contributed by atoms with Crippen molar-refractivity contribution < 1.29 is 0 Å². The molecule has 1 unspecified atom stereocenters. The van der Waals surface area contributed by atoms with Crippen molar-refractivity contribution in [2.75, 3.05) is 11.9 Å². The molecule has 0 N–H and O–H groups in total. The molecule has 1 heterocycles. The molecular weight excluding hydrogens is 232 g/mol. The van der Waals surface area contributed by atoms with E-state index in [4.69, 9.17) is 11.6 Å². The monoisotopic (exact) mass is 254 g/mol. The quantitative estimate of drug-likeness (QED) is 0.713. The van der Waals surface area contributed by atoms with Crippen LogP contribution in [-0.4, -0.2) is 18.1 Å². The molecular formula is C14H23ClN2. The summed E-state index contributed by atoms with van der Waals surface area (Å²) in [7, 11) is 2.11. The summed E-state index contributed by atoms with van der Waals surface area (Å²) in [5, 5.41) is 0.